The third-order valence-electron chi connectivity index (χ3n) is 2.52. The summed E-state index contributed by atoms with van der Waals surface area (Å²) in [6, 6.07) is 7.95. The summed E-state index contributed by atoms with van der Waals surface area (Å²) in [7, 11) is 1.91. The van der Waals surface area contributed by atoms with Gasteiger partial charge in [0.15, 0.2) is 0 Å². The van der Waals surface area contributed by atoms with Crippen LogP contribution in [0, 0.1) is 5.92 Å². The SMILES string of the molecule is CNCc1cccc(NC(=O)C2CC2)c1. The van der Waals surface area contributed by atoms with Crippen LogP contribution in [-0.4, -0.2) is 13.0 Å². The van der Waals surface area contributed by atoms with Crippen LogP contribution in [0.5, 0.6) is 0 Å². The Bertz CT molecular complexity index is 358. The van der Waals surface area contributed by atoms with E-state index < -0.39 is 0 Å². The van der Waals surface area contributed by atoms with Gasteiger partial charge in [-0.05, 0) is 37.6 Å². The van der Waals surface area contributed by atoms with Gasteiger partial charge in [0.25, 0.3) is 0 Å². The number of carbonyl (C=O) groups is 1. The van der Waals surface area contributed by atoms with Crippen LogP contribution in [0.25, 0.3) is 0 Å². The Balaban J connectivity index is 2.00. The van der Waals surface area contributed by atoms with E-state index in [1.807, 2.05) is 31.3 Å². The van der Waals surface area contributed by atoms with E-state index in [9.17, 15) is 4.79 Å². The fraction of sp³-hybridized carbons (Fsp3) is 0.417. The van der Waals surface area contributed by atoms with Gasteiger partial charge in [0, 0.05) is 18.2 Å². The zero-order chi connectivity index (χ0) is 10.7. The average Bonchev–Trinajstić information content (AvgIpc) is 3.01. The molecule has 1 aromatic rings. The Labute approximate surface area is 89.9 Å². The summed E-state index contributed by atoms with van der Waals surface area (Å²) < 4.78 is 0. The summed E-state index contributed by atoms with van der Waals surface area (Å²) in [5.41, 5.74) is 2.09. The summed E-state index contributed by atoms with van der Waals surface area (Å²) >= 11 is 0. The number of amides is 1. The molecule has 1 aliphatic carbocycles. The van der Waals surface area contributed by atoms with Gasteiger partial charge in [-0.15, -0.1) is 0 Å². The zero-order valence-corrected chi connectivity index (χ0v) is 8.92. The van der Waals surface area contributed by atoms with Crippen LogP contribution in [0.4, 0.5) is 5.69 Å². The van der Waals surface area contributed by atoms with Crippen LogP contribution in [-0.2, 0) is 11.3 Å². The van der Waals surface area contributed by atoms with Crippen LogP contribution >= 0.6 is 0 Å². The van der Waals surface area contributed by atoms with Crippen molar-refractivity contribution in [1.82, 2.24) is 5.32 Å². The maximum absolute atomic E-state index is 11.5. The molecule has 0 unspecified atom stereocenters. The first kappa shape index (κ1) is 10.2. The maximum Gasteiger partial charge on any atom is 0.227 e. The number of carbonyl (C=O) groups excluding carboxylic acids is 1. The smallest absolute Gasteiger partial charge is 0.227 e. The van der Waals surface area contributed by atoms with Crippen molar-refractivity contribution >= 4 is 11.6 Å². The van der Waals surface area contributed by atoms with Crippen molar-refractivity contribution in [2.45, 2.75) is 19.4 Å². The Hall–Kier alpha value is -1.35. The van der Waals surface area contributed by atoms with Crippen LogP contribution in [0.3, 0.4) is 0 Å². The van der Waals surface area contributed by atoms with Crippen molar-refractivity contribution in [2.24, 2.45) is 5.92 Å². The van der Waals surface area contributed by atoms with Crippen molar-refractivity contribution < 1.29 is 4.79 Å². The lowest BCUT2D eigenvalue weighted by molar-refractivity contribution is -0.117. The molecule has 0 atom stereocenters. The molecule has 3 nitrogen and oxygen atoms in total. The number of hydrogen-bond acceptors (Lipinski definition) is 2. The molecule has 0 radical (unpaired) electrons. The molecule has 0 saturated heterocycles. The topological polar surface area (TPSA) is 41.1 Å². The Morgan fingerprint density at radius 3 is 2.93 bits per heavy atom. The lowest BCUT2D eigenvalue weighted by Crippen LogP contribution is -2.13. The molecule has 2 rings (SSSR count). The molecule has 0 heterocycles. The first-order chi connectivity index (χ1) is 7.29. The molecule has 2 N–H and O–H groups in total. The van der Waals surface area contributed by atoms with Gasteiger partial charge in [-0.3, -0.25) is 4.79 Å². The van der Waals surface area contributed by atoms with Crippen molar-refractivity contribution in [2.75, 3.05) is 12.4 Å². The third kappa shape index (κ3) is 2.80. The normalized spacial score (nSPS) is 15.0. The molecule has 1 aromatic carbocycles. The number of rotatable bonds is 4. The molecule has 0 bridgehead atoms. The zero-order valence-electron chi connectivity index (χ0n) is 8.92. The number of anilines is 1. The van der Waals surface area contributed by atoms with Gasteiger partial charge in [0.05, 0.1) is 0 Å². The molecule has 15 heavy (non-hydrogen) atoms. The first-order valence-corrected chi connectivity index (χ1v) is 5.34. The monoisotopic (exact) mass is 204 g/mol. The van der Waals surface area contributed by atoms with Gasteiger partial charge in [-0.2, -0.15) is 0 Å². The minimum Gasteiger partial charge on any atom is -0.326 e. The highest BCUT2D eigenvalue weighted by Gasteiger charge is 2.29. The second-order valence-corrected chi connectivity index (χ2v) is 3.99. The molecule has 0 aromatic heterocycles. The van der Waals surface area contributed by atoms with Crippen LogP contribution in [0.2, 0.25) is 0 Å². The molecule has 0 aliphatic heterocycles. The lowest BCUT2D eigenvalue weighted by Gasteiger charge is -2.06. The largest absolute Gasteiger partial charge is 0.326 e. The Kier molecular flexibility index (Phi) is 3.02. The van der Waals surface area contributed by atoms with Crippen LogP contribution in [0.1, 0.15) is 18.4 Å². The van der Waals surface area contributed by atoms with Gasteiger partial charge in [-0.25, -0.2) is 0 Å². The minimum atomic E-state index is 0.164. The van der Waals surface area contributed by atoms with E-state index in [-0.39, 0.29) is 11.8 Å². The van der Waals surface area contributed by atoms with E-state index in [1.54, 1.807) is 0 Å². The summed E-state index contributed by atoms with van der Waals surface area (Å²) in [5, 5.41) is 6.02. The first-order valence-electron chi connectivity index (χ1n) is 5.34. The third-order valence-corrected chi connectivity index (χ3v) is 2.52. The molecule has 80 valence electrons. The summed E-state index contributed by atoms with van der Waals surface area (Å²) in [5.74, 6) is 0.426. The van der Waals surface area contributed by atoms with E-state index in [2.05, 4.69) is 10.6 Å². The molecule has 1 saturated carbocycles. The highest BCUT2D eigenvalue weighted by Crippen LogP contribution is 2.30. The maximum atomic E-state index is 11.5. The van der Waals surface area contributed by atoms with E-state index in [0.717, 1.165) is 25.1 Å². The molecule has 0 spiro atoms. The molecule has 1 aliphatic rings. The van der Waals surface area contributed by atoms with E-state index in [0.29, 0.717) is 0 Å². The standard InChI is InChI=1S/C12H16N2O/c1-13-8-9-3-2-4-11(7-9)14-12(15)10-5-6-10/h2-4,7,10,13H,5-6,8H2,1H3,(H,14,15). The number of hydrogen-bond donors (Lipinski definition) is 2. The predicted molar refractivity (Wildman–Crippen MR) is 60.6 cm³/mol. The van der Waals surface area contributed by atoms with E-state index in [4.69, 9.17) is 0 Å². The summed E-state index contributed by atoms with van der Waals surface area (Å²) in [6.45, 7) is 0.827. The van der Waals surface area contributed by atoms with Gasteiger partial charge >= 0.3 is 0 Å². The van der Waals surface area contributed by atoms with Gasteiger partial charge < -0.3 is 10.6 Å². The van der Waals surface area contributed by atoms with Gasteiger partial charge in [-0.1, -0.05) is 12.1 Å². The van der Waals surface area contributed by atoms with Crippen LogP contribution < -0.4 is 10.6 Å². The number of benzene rings is 1. The van der Waals surface area contributed by atoms with Gasteiger partial charge in [0.2, 0.25) is 5.91 Å². The van der Waals surface area contributed by atoms with E-state index >= 15 is 0 Å². The molecular weight excluding hydrogens is 188 g/mol. The number of nitrogens with one attached hydrogen (secondary N) is 2. The minimum absolute atomic E-state index is 0.164. The fourth-order valence-electron chi connectivity index (χ4n) is 1.55. The van der Waals surface area contributed by atoms with E-state index in [1.165, 1.54) is 5.56 Å². The second-order valence-electron chi connectivity index (χ2n) is 3.99. The molecule has 1 fully saturated rings. The predicted octanol–water partition coefficient (Wildman–Crippen LogP) is 1.75. The Morgan fingerprint density at radius 1 is 1.47 bits per heavy atom. The molecule has 3 heteroatoms. The fourth-order valence-corrected chi connectivity index (χ4v) is 1.55. The Morgan fingerprint density at radius 2 is 2.27 bits per heavy atom. The van der Waals surface area contributed by atoms with Crippen molar-refractivity contribution in [3.8, 4) is 0 Å². The second kappa shape index (κ2) is 4.45. The van der Waals surface area contributed by atoms with Gasteiger partial charge in [0.1, 0.15) is 0 Å². The highest BCUT2D eigenvalue weighted by atomic mass is 16.2. The molecular formula is C12H16N2O. The van der Waals surface area contributed by atoms with Crippen molar-refractivity contribution in [3.05, 3.63) is 29.8 Å². The molecule has 1 amide bonds. The summed E-state index contributed by atoms with van der Waals surface area (Å²) in [6.07, 6.45) is 2.09. The quantitative estimate of drug-likeness (QED) is 0.784. The van der Waals surface area contributed by atoms with Crippen molar-refractivity contribution in [1.29, 1.82) is 0 Å². The highest BCUT2D eigenvalue weighted by molar-refractivity contribution is 5.94. The lowest BCUT2D eigenvalue weighted by atomic mass is 10.2. The van der Waals surface area contributed by atoms with Crippen LogP contribution in [0.15, 0.2) is 24.3 Å². The van der Waals surface area contributed by atoms with Crippen molar-refractivity contribution in [3.63, 3.8) is 0 Å². The average molecular weight is 204 g/mol. The summed E-state index contributed by atoms with van der Waals surface area (Å²) in [4.78, 5) is 11.5.